The van der Waals surface area contributed by atoms with E-state index in [1.165, 1.54) is 0 Å². The van der Waals surface area contributed by atoms with Crippen LogP contribution in [0.5, 0.6) is 0 Å². The summed E-state index contributed by atoms with van der Waals surface area (Å²) in [6, 6.07) is 11.2. The molecule has 1 aromatic carbocycles. The van der Waals surface area contributed by atoms with E-state index in [0.29, 0.717) is 17.1 Å². The number of nitrogens with zero attached hydrogens (tertiary/aromatic N) is 3. The molecule has 3 aromatic rings. The first kappa shape index (κ1) is 15.6. The van der Waals surface area contributed by atoms with Crippen molar-refractivity contribution in [2.45, 2.75) is 13.3 Å². The van der Waals surface area contributed by atoms with E-state index in [1.54, 1.807) is 22.9 Å². The molecule has 0 radical (unpaired) electrons. The van der Waals surface area contributed by atoms with E-state index in [-0.39, 0.29) is 5.56 Å². The lowest BCUT2D eigenvalue weighted by atomic mass is 10.1. The third-order valence-corrected chi connectivity index (χ3v) is 4.10. The molecule has 0 fully saturated rings. The molecule has 0 bridgehead atoms. The predicted molar refractivity (Wildman–Crippen MR) is 96.1 cm³/mol. The van der Waals surface area contributed by atoms with E-state index in [0.717, 1.165) is 22.3 Å². The first-order chi connectivity index (χ1) is 11.0. The first-order valence-corrected chi connectivity index (χ1v) is 7.88. The van der Waals surface area contributed by atoms with Crippen LogP contribution < -0.4 is 10.5 Å². The van der Waals surface area contributed by atoms with Crippen molar-refractivity contribution < 1.29 is 0 Å². The summed E-state index contributed by atoms with van der Waals surface area (Å²) in [6.07, 6.45) is 2.35. The van der Waals surface area contributed by atoms with Crippen LogP contribution in [0.4, 0.5) is 5.69 Å². The molecule has 0 N–H and O–H groups in total. The second-order valence-corrected chi connectivity index (χ2v) is 6.01. The molecule has 0 saturated heterocycles. The second-order valence-electron chi connectivity index (χ2n) is 5.57. The van der Waals surface area contributed by atoms with Gasteiger partial charge in [-0.2, -0.15) is 0 Å². The molecule has 0 aliphatic carbocycles. The van der Waals surface area contributed by atoms with Crippen molar-refractivity contribution in [3.63, 3.8) is 0 Å². The van der Waals surface area contributed by atoms with Crippen molar-refractivity contribution in [3.05, 3.63) is 63.5 Å². The molecule has 0 aliphatic rings. The number of benzene rings is 1. The van der Waals surface area contributed by atoms with Gasteiger partial charge in [-0.15, -0.1) is 0 Å². The minimum Gasteiger partial charge on any atom is -0.377 e. The Morgan fingerprint density at radius 3 is 2.65 bits per heavy atom. The average Bonchev–Trinajstić information content (AvgIpc) is 2.53. The van der Waals surface area contributed by atoms with Gasteiger partial charge in [0.15, 0.2) is 0 Å². The maximum atomic E-state index is 13.1. The molecular weight excluding hydrogens is 310 g/mol. The molecule has 2 heterocycles. The molecule has 0 saturated carbocycles. The molecule has 0 amide bonds. The number of anilines is 1. The van der Waals surface area contributed by atoms with E-state index < -0.39 is 0 Å². The monoisotopic (exact) mass is 327 g/mol. The number of pyridine rings is 2. The van der Waals surface area contributed by atoms with E-state index in [2.05, 4.69) is 4.98 Å². The third-order valence-electron chi connectivity index (χ3n) is 3.87. The topological polar surface area (TPSA) is 38.1 Å². The van der Waals surface area contributed by atoms with Gasteiger partial charge in [-0.05, 0) is 36.8 Å². The Bertz CT molecular complexity index is 931. The standard InChI is InChI=1S/C18H18ClN3O/c1-4-14-16(21(2)3)15-9-6-10-20-17(15)22(18(14)23)13-8-5-7-12(19)11-13/h5-11H,4H2,1-3H3. The molecule has 4 nitrogen and oxygen atoms in total. The van der Waals surface area contributed by atoms with Crippen LogP contribution in [0, 0.1) is 0 Å². The van der Waals surface area contributed by atoms with Gasteiger partial charge in [0.25, 0.3) is 5.56 Å². The molecule has 23 heavy (non-hydrogen) atoms. The van der Waals surface area contributed by atoms with Gasteiger partial charge in [-0.25, -0.2) is 4.98 Å². The van der Waals surface area contributed by atoms with E-state index in [4.69, 9.17) is 11.6 Å². The Labute approximate surface area is 140 Å². The summed E-state index contributed by atoms with van der Waals surface area (Å²) in [5.41, 5.74) is 3.02. The smallest absolute Gasteiger partial charge is 0.262 e. The van der Waals surface area contributed by atoms with Crippen LogP contribution in [0.2, 0.25) is 5.02 Å². The van der Waals surface area contributed by atoms with E-state index in [9.17, 15) is 4.79 Å². The summed E-state index contributed by atoms with van der Waals surface area (Å²) < 4.78 is 1.65. The minimum absolute atomic E-state index is 0.0512. The molecule has 3 rings (SSSR count). The number of rotatable bonds is 3. The Balaban J connectivity index is 2.51. The van der Waals surface area contributed by atoms with Crippen molar-refractivity contribution in [2.75, 3.05) is 19.0 Å². The number of hydrogen-bond acceptors (Lipinski definition) is 3. The summed E-state index contributed by atoms with van der Waals surface area (Å²) in [5, 5.41) is 1.54. The normalized spacial score (nSPS) is 11.0. The van der Waals surface area contributed by atoms with Crippen LogP contribution in [0.3, 0.4) is 0 Å². The van der Waals surface area contributed by atoms with Crippen molar-refractivity contribution >= 4 is 28.3 Å². The van der Waals surface area contributed by atoms with Gasteiger partial charge in [0, 0.05) is 36.3 Å². The maximum Gasteiger partial charge on any atom is 0.262 e. The lowest BCUT2D eigenvalue weighted by Gasteiger charge is -2.21. The van der Waals surface area contributed by atoms with E-state index in [1.807, 2.05) is 50.2 Å². The van der Waals surface area contributed by atoms with Gasteiger partial charge in [0.05, 0.1) is 11.4 Å². The quantitative estimate of drug-likeness (QED) is 0.736. The zero-order chi connectivity index (χ0) is 16.6. The Hall–Kier alpha value is -2.33. The third kappa shape index (κ3) is 2.59. The van der Waals surface area contributed by atoms with E-state index >= 15 is 0 Å². The lowest BCUT2D eigenvalue weighted by molar-refractivity contribution is 0.947. The van der Waals surface area contributed by atoms with Crippen LogP contribution in [0.25, 0.3) is 16.7 Å². The molecular formula is C18H18ClN3O. The van der Waals surface area contributed by atoms with Gasteiger partial charge in [0.2, 0.25) is 0 Å². The van der Waals surface area contributed by atoms with Gasteiger partial charge < -0.3 is 4.90 Å². The Kier molecular flexibility index (Phi) is 4.09. The molecule has 0 atom stereocenters. The molecule has 118 valence electrons. The zero-order valence-corrected chi connectivity index (χ0v) is 14.1. The zero-order valence-electron chi connectivity index (χ0n) is 13.4. The average molecular weight is 328 g/mol. The maximum absolute atomic E-state index is 13.1. The van der Waals surface area contributed by atoms with Crippen molar-refractivity contribution in [1.29, 1.82) is 0 Å². The van der Waals surface area contributed by atoms with Crippen LogP contribution in [0.1, 0.15) is 12.5 Å². The summed E-state index contributed by atoms with van der Waals surface area (Å²) in [4.78, 5) is 19.5. The highest BCUT2D eigenvalue weighted by molar-refractivity contribution is 6.30. The molecule has 0 spiro atoms. The summed E-state index contributed by atoms with van der Waals surface area (Å²) >= 11 is 6.11. The molecule has 2 aromatic heterocycles. The van der Waals surface area contributed by atoms with Gasteiger partial charge >= 0.3 is 0 Å². The van der Waals surface area contributed by atoms with Gasteiger partial charge in [0.1, 0.15) is 5.65 Å². The lowest BCUT2D eigenvalue weighted by Crippen LogP contribution is -2.27. The Morgan fingerprint density at radius 2 is 2.00 bits per heavy atom. The fraction of sp³-hybridized carbons (Fsp3) is 0.222. The van der Waals surface area contributed by atoms with Gasteiger partial charge in [-0.1, -0.05) is 24.6 Å². The van der Waals surface area contributed by atoms with Crippen LogP contribution in [-0.2, 0) is 6.42 Å². The number of hydrogen-bond donors (Lipinski definition) is 0. The van der Waals surface area contributed by atoms with Crippen molar-refractivity contribution in [1.82, 2.24) is 9.55 Å². The highest BCUT2D eigenvalue weighted by atomic mass is 35.5. The molecule has 0 aliphatic heterocycles. The molecule has 0 unspecified atom stereocenters. The number of halogens is 1. The van der Waals surface area contributed by atoms with Crippen molar-refractivity contribution in [3.8, 4) is 5.69 Å². The number of aromatic nitrogens is 2. The van der Waals surface area contributed by atoms with Gasteiger partial charge in [-0.3, -0.25) is 9.36 Å². The summed E-state index contributed by atoms with van der Waals surface area (Å²) in [7, 11) is 3.90. The van der Waals surface area contributed by atoms with Crippen LogP contribution in [0.15, 0.2) is 47.4 Å². The number of fused-ring (bicyclic) bond motifs is 1. The highest BCUT2D eigenvalue weighted by Crippen LogP contribution is 2.28. The summed E-state index contributed by atoms with van der Waals surface area (Å²) in [6.45, 7) is 1.99. The predicted octanol–water partition coefficient (Wildman–Crippen LogP) is 3.67. The largest absolute Gasteiger partial charge is 0.377 e. The fourth-order valence-corrected chi connectivity index (χ4v) is 3.12. The SMILES string of the molecule is CCc1c(N(C)C)c2cccnc2n(-c2cccc(Cl)c2)c1=O. The fourth-order valence-electron chi connectivity index (χ4n) is 2.94. The molecule has 5 heteroatoms. The minimum atomic E-state index is -0.0512. The highest BCUT2D eigenvalue weighted by Gasteiger charge is 2.18. The van der Waals surface area contributed by atoms with Crippen LogP contribution >= 0.6 is 11.6 Å². The summed E-state index contributed by atoms with van der Waals surface area (Å²) in [5.74, 6) is 0. The van der Waals surface area contributed by atoms with Crippen molar-refractivity contribution in [2.24, 2.45) is 0 Å². The second kappa shape index (κ2) is 6.05. The Morgan fingerprint density at radius 1 is 1.22 bits per heavy atom. The van der Waals surface area contributed by atoms with Crippen LogP contribution in [-0.4, -0.2) is 23.6 Å². The first-order valence-electron chi connectivity index (χ1n) is 7.50.